The number of aryl methyl sites for hydroxylation is 1. The van der Waals surface area contributed by atoms with Gasteiger partial charge in [-0.15, -0.1) is 0 Å². The molecule has 0 saturated heterocycles. The van der Waals surface area contributed by atoms with Gasteiger partial charge in [-0.1, -0.05) is 0 Å². The number of aromatic nitrogens is 1. The van der Waals surface area contributed by atoms with Gasteiger partial charge >= 0.3 is 5.97 Å². The van der Waals surface area contributed by atoms with E-state index in [9.17, 15) is 4.79 Å². The molecular formula is C15H16N2O4. The number of carboxylic acid groups (broad SMARTS) is 1. The van der Waals surface area contributed by atoms with Crippen LogP contribution in [0.1, 0.15) is 21.7 Å². The Morgan fingerprint density at radius 1 is 1.33 bits per heavy atom. The van der Waals surface area contributed by atoms with Gasteiger partial charge in [-0.3, -0.25) is 4.98 Å². The second-order valence-corrected chi connectivity index (χ2v) is 4.49. The molecule has 3 N–H and O–H groups in total. The maximum absolute atomic E-state index is 10.8. The van der Waals surface area contributed by atoms with Crippen molar-refractivity contribution < 1.29 is 19.4 Å². The van der Waals surface area contributed by atoms with Crippen molar-refractivity contribution in [1.29, 1.82) is 0 Å². The fourth-order valence-corrected chi connectivity index (χ4v) is 1.86. The fourth-order valence-electron chi connectivity index (χ4n) is 1.86. The number of hydrogen-bond donors (Lipinski definition) is 2. The number of nitrogens with zero attached hydrogens (tertiary/aromatic N) is 1. The van der Waals surface area contributed by atoms with Crippen molar-refractivity contribution in [2.45, 2.75) is 13.5 Å². The molecule has 21 heavy (non-hydrogen) atoms. The molecule has 0 spiro atoms. The molecule has 0 amide bonds. The highest BCUT2D eigenvalue weighted by molar-refractivity contribution is 5.89. The van der Waals surface area contributed by atoms with Crippen molar-refractivity contribution in [3.05, 3.63) is 47.3 Å². The second kappa shape index (κ2) is 6.13. The summed E-state index contributed by atoms with van der Waals surface area (Å²) in [5.74, 6) is 0.0934. The normalized spacial score (nSPS) is 10.2. The molecular weight excluding hydrogens is 272 g/mol. The van der Waals surface area contributed by atoms with Gasteiger partial charge in [-0.25, -0.2) is 4.79 Å². The molecule has 0 radical (unpaired) electrons. The van der Waals surface area contributed by atoms with Gasteiger partial charge < -0.3 is 20.3 Å². The van der Waals surface area contributed by atoms with Crippen LogP contribution in [0.25, 0.3) is 0 Å². The van der Waals surface area contributed by atoms with E-state index in [0.717, 1.165) is 5.69 Å². The summed E-state index contributed by atoms with van der Waals surface area (Å²) in [4.78, 5) is 15.2. The van der Waals surface area contributed by atoms with Gasteiger partial charge in [0.25, 0.3) is 0 Å². The van der Waals surface area contributed by atoms with Gasteiger partial charge in [-0.2, -0.15) is 0 Å². The molecule has 2 aromatic rings. The maximum Gasteiger partial charge on any atom is 0.335 e. The van der Waals surface area contributed by atoms with E-state index in [1.807, 2.05) is 13.0 Å². The predicted molar refractivity (Wildman–Crippen MR) is 77.7 cm³/mol. The molecule has 0 atom stereocenters. The minimum atomic E-state index is -1.03. The Hall–Kier alpha value is -2.76. The molecule has 1 heterocycles. The third-order valence-corrected chi connectivity index (χ3v) is 2.85. The molecule has 110 valence electrons. The summed E-state index contributed by atoms with van der Waals surface area (Å²) in [5.41, 5.74) is 7.69. The Morgan fingerprint density at radius 3 is 2.71 bits per heavy atom. The van der Waals surface area contributed by atoms with Crippen molar-refractivity contribution >= 4 is 11.7 Å². The molecule has 0 aliphatic rings. The fraction of sp³-hybridized carbons (Fsp3) is 0.200. The molecule has 6 nitrogen and oxygen atoms in total. The smallest absolute Gasteiger partial charge is 0.335 e. The van der Waals surface area contributed by atoms with Crippen LogP contribution in [0.2, 0.25) is 0 Å². The van der Waals surface area contributed by atoms with Crippen LogP contribution in [0.5, 0.6) is 11.5 Å². The van der Waals surface area contributed by atoms with Crippen molar-refractivity contribution in [3.8, 4) is 11.5 Å². The third-order valence-electron chi connectivity index (χ3n) is 2.85. The van der Waals surface area contributed by atoms with E-state index in [0.29, 0.717) is 17.2 Å². The lowest BCUT2D eigenvalue weighted by Gasteiger charge is -2.10. The Bertz CT molecular complexity index is 671. The number of methoxy groups -OCH3 is 1. The van der Waals surface area contributed by atoms with Crippen molar-refractivity contribution in [1.82, 2.24) is 4.98 Å². The lowest BCUT2D eigenvalue weighted by Crippen LogP contribution is -2.04. The van der Waals surface area contributed by atoms with E-state index in [-0.39, 0.29) is 17.9 Å². The number of hydrogen-bond acceptors (Lipinski definition) is 5. The maximum atomic E-state index is 10.8. The van der Waals surface area contributed by atoms with Crippen LogP contribution >= 0.6 is 0 Å². The first-order chi connectivity index (χ1) is 9.99. The number of nitrogen functional groups attached to an aromatic ring is 1. The summed E-state index contributed by atoms with van der Waals surface area (Å²) in [5, 5.41) is 8.88. The molecule has 2 rings (SSSR count). The van der Waals surface area contributed by atoms with Crippen LogP contribution in [0.4, 0.5) is 5.69 Å². The molecule has 1 aromatic heterocycles. The monoisotopic (exact) mass is 288 g/mol. The number of ether oxygens (including phenoxy) is 2. The van der Waals surface area contributed by atoms with Crippen molar-refractivity contribution in [2.24, 2.45) is 0 Å². The molecule has 0 unspecified atom stereocenters. The molecule has 0 aliphatic carbocycles. The molecule has 0 saturated carbocycles. The van der Waals surface area contributed by atoms with Crippen molar-refractivity contribution in [3.63, 3.8) is 0 Å². The summed E-state index contributed by atoms with van der Waals surface area (Å²) >= 11 is 0. The van der Waals surface area contributed by atoms with E-state index in [2.05, 4.69) is 4.98 Å². The van der Waals surface area contributed by atoms with Crippen LogP contribution in [0, 0.1) is 6.92 Å². The van der Waals surface area contributed by atoms with Gasteiger partial charge in [0.1, 0.15) is 18.1 Å². The minimum Gasteiger partial charge on any atom is -0.497 e. The average Bonchev–Trinajstić information content (AvgIpc) is 2.45. The number of aromatic carboxylic acids is 1. The Balaban J connectivity index is 2.13. The van der Waals surface area contributed by atoms with Crippen LogP contribution in [0.15, 0.2) is 30.3 Å². The lowest BCUT2D eigenvalue weighted by atomic mass is 10.2. The Morgan fingerprint density at radius 2 is 2.10 bits per heavy atom. The van der Waals surface area contributed by atoms with Gasteiger partial charge in [0, 0.05) is 17.8 Å². The van der Waals surface area contributed by atoms with Gasteiger partial charge in [-0.05, 0) is 25.1 Å². The first-order valence-electron chi connectivity index (χ1n) is 6.27. The first kappa shape index (κ1) is 14.6. The predicted octanol–water partition coefficient (Wildman–Crippen LogP) is 2.26. The van der Waals surface area contributed by atoms with E-state index in [1.54, 1.807) is 13.2 Å². The zero-order valence-electron chi connectivity index (χ0n) is 11.8. The number of nitrogens with two attached hydrogens (primary N) is 1. The van der Waals surface area contributed by atoms with Crippen LogP contribution in [-0.2, 0) is 6.61 Å². The third kappa shape index (κ3) is 3.62. The number of carboxylic acids is 1. The van der Waals surface area contributed by atoms with Crippen LogP contribution < -0.4 is 15.2 Å². The van der Waals surface area contributed by atoms with E-state index >= 15 is 0 Å². The quantitative estimate of drug-likeness (QED) is 0.819. The van der Waals surface area contributed by atoms with Gasteiger partial charge in [0.15, 0.2) is 0 Å². The van der Waals surface area contributed by atoms with E-state index < -0.39 is 5.97 Å². The Labute approximate surface area is 122 Å². The molecule has 0 fully saturated rings. The summed E-state index contributed by atoms with van der Waals surface area (Å²) in [7, 11) is 1.59. The first-order valence-corrected chi connectivity index (χ1v) is 6.27. The van der Waals surface area contributed by atoms with Gasteiger partial charge in [0.2, 0.25) is 0 Å². The number of carbonyl (C=O) groups is 1. The Kier molecular flexibility index (Phi) is 4.27. The average molecular weight is 288 g/mol. The van der Waals surface area contributed by atoms with Crippen molar-refractivity contribution in [2.75, 3.05) is 12.8 Å². The highest BCUT2D eigenvalue weighted by Crippen LogP contribution is 2.24. The zero-order valence-corrected chi connectivity index (χ0v) is 11.8. The standard InChI is InChI=1S/C15H16N2O4/c1-9-5-12(20-2)7-11(17-9)8-21-14-4-3-10(15(18)19)6-13(14)16/h3-7H,8,16H2,1-2H3,(H,18,19). The molecule has 1 aromatic carbocycles. The van der Waals surface area contributed by atoms with Crippen LogP contribution in [-0.4, -0.2) is 23.2 Å². The zero-order chi connectivity index (χ0) is 15.4. The highest BCUT2D eigenvalue weighted by atomic mass is 16.5. The molecule has 0 bridgehead atoms. The summed E-state index contributed by atoms with van der Waals surface area (Å²) in [6.07, 6.45) is 0. The summed E-state index contributed by atoms with van der Waals surface area (Å²) in [6.45, 7) is 2.08. The summed E-state index contributed by atoms with van der Waals surface area (Å²) < 4.78 is 10.7. The summed E-state index contributed by atoms with van der Waals surface area (Å²) in [6, 6.07) is 7.93. The lowest BCUT2D eigenvalue weighted by molar-refractivity contribution is 0.0697. The number of anilines is 1. The number of rotatable bonds is 5. The molecule has 0 aliphatic heterocycles. The SMILES string of the molecule is COc1cc(C)nc(COc2ccc(C(=O)O)cc2N)c1. The van der Waals surface area contributed by atoms with Crippen LogP contribution in [0.3, 0.4) is 0 Å². The highest BCUT2D eigenvalue weighted by Gasteiger charge is 2.08. The number of benzene rings is 1. The molecule has 6 heteroatoms. The number of pyridine rings is 1. The van der Waals surface area contributed by atoms with Gasteiger partial charge in [0.05, 0.1) is 24.1 Å². The topological polar surface area (TPSA) is 94.7 Å². The van der Waals surface area contributed by atoms with E-state index in [1.165, 1.54) is 18.2 Å². The minimum absolute atomic E-state index is 0.121. The van der Waals surface area contributed by atoms with E-state index in [4.69, 9.17) is 20.3 Å². The largest absolute Gasteiger partial charge is 0.497 e. The second-order valence-electron chi connectivity index (χ2n) is 4.49.